The third kappa shape index (κ3) is 5.30. The fraction of sp³-hybridized carbons (Fsp3) is 0.619. The number of rotatable bonds is 3. The molecular formula is C21H33N3O4. The van der Waals surface area contributed by atoms with Crippen molar-refractivity contribution in [3.63, 3.8) is 0 Å². The van der Waals surface area contributed by atoms with Gasteiger partial charge in [0.2, 0.25) is 0 Å². The van der Waals surface area contributed by atoms with Crippen molar-refractivity contribution in [2.75, 3.05) is 46.2 Å². The Kier molecular flexibility index (Phi) is 6.47. The summed E-state index contributed by atoms with van der Waals surface area (Å²) < 4.78 is 11.7. The summed E-state index contributed by atoms with van der Waals surface area (Å²) in [7, 11) is 7.36. The first-order chi connectivity index (χ1) is 12.9. The number of fused-ring (bicyclic) bond motifs is 1. The molecule has 1 aromatic carbocycles. The van der Waals surface area contributed by atoms with Gasteiger partial charge in [-0.2, -0.15) is 0 Å². The van der Waals surface area contributed by atoms with Gasteiger partial charge in [-0.25, -0.2) is 4.79 Å². The number of amides is 2. The number of carbonyl (C=O) groups is 2. The molecule has 7 nitrogen and oxygen atoms in total. The number of carbonyl (C=O) groups excluding carboxylic acids is 2. The molecule has 1 aromatic rings. The molecule has 2 atom stereocenters. The summed E-state index contributed by atoms with van der Waals surface area (Å²) >= 11 is 0. The topological polar surface area (TPSA) is 62.3 Å². The van der Waals surface area contributed by atoms with Gasteiger partial charge in [-0.3, -0.25) is 4.79 Å². The van der Waals surface area contributed by atoms with Gasteiger partial charge in [-0.05, 0) is 39.0 Å². The first-order valence-corrected chi connectivity index (χ1v) is 9.56. The molecule has 0 fully saturated rings. The number of anilines is 1. The van der Waals surface area contributed by atoms with Gasteiger partial charge in [0.05, 0.1) is 12.1 Å². The Morgan fingerprint density at radius 1 is 1.29 bits per heavy atom. The van der Waals surface area contributed by atoms with E-state index in [4.69, 9.17) is 9.47 Å². The van der Waals surface area contributed by atoms with E-state index >= 15 is 0 Å². The Balaban J connectivity index is 2.28. The molecule has 0 bridgehead atoms. The second-order valence-electron chi connectivity index (χ2n) is 8.76. The minimum atomic E-state index is -0.555. The SMILES string of the molecule is C[C@@H]1CN(C)C(=O)c2cc(N(C)C)ccc2O[C@@H]1CN(C)C(=O)OC(C)(C)C. The standard InChI is InChI=1S/C21H33N3O4/c1-14-12-23(7)19(25)16-11-15(22(5)6)9-10-17(16)27-18(14)13-24(8)20(26)28-21(2,3)4/h9-11,14,18H,12-13H2,1-8H3/t14-,18-/m1/s1. The summed E-state index contributed by atoms with van der Waals surface area (Å²) in [6.45, 7) is 8.45. The highest BCUT2D eigenvalue weighted by Crippen LogP contribution is 2.30. The van der Waals surface area contributed by atoms with Gasteiger partial charge >= 0.3 is 6.09 Å². The largest absolute Gasteiger partial charge is 0.487 e. The molecule has 0 radical (unpaired) electrons. The maximum Gasteiger partial charge on any atom is 0.410 e. The normalized spacial score (nSPS) is 19.9. The van der Waals surface area contributed by atoms with Crippen LogP contribution in [0, 0.1) is 5.92 Å². The minimum absolute atomic E-state index is 0.0421. The van der Waals surface area contributed by atoms with Crippen LogP contribution in [0.2, 0.25) is 0 Å². The highest BCUT2D eigenvalue weighted by molar-refractivity contribution is 5.98. The summed E-state index contributed by atoms with van der Waals surface area (Å²) in [6, 6.07) is 5.60. The van der Waals surface area contributed by atoms with Crippen LogP contribution in [0.5, 0.6) is 5.75 Å². The highest BCUT2D eigenvalue weighted by atomic mass is 16.6. The van der Waals surface area contributed by atoms with Crippen molar-refractivity contribution in [3.8, 4) is 5.75 Å². The zero-order chi connectivity index (χ0) is 21.2. The molecule has 0 aromatic heterocycles. The molecule has 2 rings (SSSR count). The Morgan fingerprint density at radius 2 is 1.93 bits per heavy atom. The van der Waals surface area contributed by atoms with E-state index in [2.05, 4.69) is 0 Å². The van der Waals surface area contributed by atoms with Crippen molar-refractivity contribution in [3.05, 3.63) is 23.8 Å². The molecule has 0 aliphatic carbocycles. The molecule has 0 unspecified atom stereocenters. The molecule has 1 aliphatic rings. The lowest BCUT2D eigenvalue weighted by Crippen LogP contribution is -2.47. The van der Waals surface area contributed by atoms with Crippen LogP contribution in [0.4, 0.5) is 10.5 Å². The Hall–Kier alpha value is -2.44. The maximum absolute atomic E-state index is 12.8. The van der Waals surface area contributed by atoms with Gasteiger partial charge in [0.1, 0.15) is 17.5 Å². The number of benzene rings is 1. The van der Waals surface area contributed by atoms with Gasteiger partial charge in [-0.15, -0.1) is 0 Å². The van der Waals surface area contributed by atoms with E-state index in [9.17, 15) is 9.59 Å². The predicted octanol–water partition coefficient (Wildman–Crippen LogP) is 3.09. The summed E-state index contributed by atoms with van der Waals surface area (Å²) in [4.78, 5) is 30.4. The van der Waals surface area contributed by atoms with Crippen molar-refractivity contribution >= 4 is 17.7 Å². The molecule has 28 heavy (non-hydrogen) atoms. The Morgan fingerprint density at radius 3 is 2.50 bits per heavy atom. The molecule has 0 saturated carbocycles. The van der Waals surface area contributed by atoms with E-state index in [0.717, 1.165) is 5.69 Å². The fourth-order valence-corrected chi connectivity index (χ4v) is 3.08. The van der Waals surface area contributed by atoms with Crippen LogP contribution in [0.3, 0.4) is 0 Å². The van der Waals surface area contributed by atoms with Gasteiger partial charge in [0, 0.05) is 46.3 Å². The average molecular weight is 392 g/mol. The van der Waals surface area contributed by atoms with Crippen molar-refractivity contribution in [1.29, 1.82) is 0 Å². The number of hydrogen-bond acceptors (Lipinski definition) is 5. The molecule has 0 saturated heterocycles. The maximum atomic E-state index is 12.8. The lowest BCUT2D eigenvalue weighted by atomic mass is 10.0. The summed E-state index contributed by atoms with van der Waals surface area (Å²) in [5.74, 6) is 0.515. The van der Waals surface area contributed by atoms with Crippen LogP contribution >= 0.6 is 0 Å². The lowest BCUT2D eigenvalue weighted by molar-refractivity contribution is 0.0150. The molecule has 156 valence electrons. The van der Waals surface area contributed by atoms with Crippen LogP contribution < -0.4 is 9.64 Å². The van der Waals surface area contributed by atoms with Crippen LogP contribution in [0.25, 0.3) is 0 Å². The number of nitrogens with zero attached hydrogens (tertiary/aromatic N) is 3. The molecular weight excluding hydrogens is 358 g/mol. The summed E-state index contributed by atoms with van der Waals surface area (Å²) in [5.41, 5.74) is 0.909. The number of hydrogen-bond donors (Lipinski definition) is 0. The third-order valence-corrected chi connectivity index (χ3v) is 4.69. The van der Waals surface area contributed by atoms with E-state index < -0.39 is 11.7 Å². The van der Waals surface area contributed by atoms with Crippen molar-refractivity contribution in [2.24, 2.45) is 5.92 Å². The van der Waals surface area contributed by atoms with Crippen molar-refractivity contribution in [2.45, 2.75) is 39.4 Å². The molecule has 2 amide bonds. The first-order valence-electron chi connectivity index (χ1n) is 9.56. The van der Waals surface area contributed by atoms with E-state index in [0.29, 0.717) is 24.4 Å². The lowest BCUT2D eigenvalue weighted by Gasteiger charge is -2.35. The Labute approximate surface area is 168 Å². The quantitative estimate of drug-likeness (QED) is 0.792. The Bertz CT molecular complexity index is 727. The smallest absolute Gasteiger partial charge is 0.410 e. The molecule has 0 spiro atoms. The molecule has 1 heterocycles. The van der Waals surface area contributed by atoms with Crippen molar-refractivity contribution < 1.29 is 19.1 Å². The van der Waals surface area contributed by atoms with Crippen LogP contribution in [-0.2, 0) is 4.74 Å². The summed E-state index contributed by atoms with van der Waals surface area (Å²) in [6.07, 6.45) is -0.657. The zero-order valence-corrected chi connectivity index (χ0v) is 18.3. The van der Waals surface area contributed by atoms with Crippen LogP contribution in [0.15, 0.2) is 18.2 Å². The van der Waals surface area contributed by atoms with Gasteiger partial charge in [0.25, 0.3) is 5.91 Å². The van der Waals surface area contributed by atoms with Gasteiger partial charge < -0.3 is 24.2 Å². The predicted molar refractivity (Wildman–Crippen MR) is 110 cm³/mol. The fourth-order valence-electron chi connectivity index (χ4n) is 3.08. The van der Waals surface area contributed by atoms with Crippen LogP contribution in [-0.4, -0.2) is 74.8 Å². The van der Waals surface area contributed by atoms with E-state index in [1.165, 1.54) is 4.90 Å². The van der Waals surface area contributed by atoms with E-state index in [1.54, 1.807) is 19.0 Å². The van der Waals surface area contributed by atoms with E-state index in [-0.39, 0.29) is 17.9 Å². The number of ether oxygens (including phenoxy) is 2. The third-order valence-electron chi connectivity index (χ3n) is 4.69. The molecule has 1 aliphatic heterocycles. The zero-order valence-electron chi connectivity index (χ0n) is 18.3. The van der Waals surface area contributed by atoms with Crippen LogP contribution in [0.1, 0.15) is 38.1 Å². The second kappa shape index (κ2) is 8.29. The van der Waals surface area contributed by atoms with Gasteiger partial charge in [0.15, 0.2) is 0 Å². The minimum Gasteiger partial charge on any atom is -0.487 e. The molecule has 7 heteroatoms. The monoisotopic (exact) mass is 391 g/mol. The first kappa shape index (κ1) is 21.9. The number of likely N-dealkylation sites (N-methyl/N-ethyl adjacent to an activating group) is 1. The second-order valence-corrected chi connectivity index (χ2v) is 8.76. The molecule has 0 N–H and O–H groups in total. The summed E-state index contributed by atoms with van der Waals surface area (Å²) in [5, 5.41) is 0. The van der Waals surface area contributed by atoms with Crippen molar-refractivity contribution in [1.82, 2.24) is 9.80 Å². The van der Waals surface area contributed by atoms with Gasteiger partial charge in [-0.1, -0.05) is 6.92 Å². The highest BCUT2D eigenvalue weighted by Gasteiger charge is 2.31. The average Bonchev–Trinajstić information content (AvgIpc) is 2.58. The van der Waals surface area contributed by atoms with E-state index in [1.807, 2.05) is 64.9 Å².